The minimum Gasteiger partial charge on any atom is -0.326 e. The molecule has 1 atom stereocenters. The summed E-state index contributed by atoms with van der Waals surface area (Å²) >= 11 is 1.83. The fourth-order valence-electron chi connectivity index (χ4n) is 7.14. The molecule has 0 radical (unpaired) electrons. The summed E-state index contributed by atoms with van der Waals surface area (Å²) in [5, 5.41) is 4.85. The smallest absolute Gasteiger partial charge is 0.0664 e. The molecule has 0 aliphatic carbocycles. The molecule has 9 rings (SSSR count). The quantitative estimate of drug-likeness (QED) is 0.151. The summed E-state index contributed by atoms with van der Waals surface area (Å²) in [7, 11) is 0. The number of thiophene rings is 1. The highest BCUT2D eigenvalue weighted by Crippen LogP contribution is 2.43. The molecular weight excluding hydrogens is 735 g/mol. The van der Waals surface area contributed by atoms with Crippen LogP contribution < -0.4 is 11.5 Å². The van der Waals surface area contributed by atoms with Gasteiger partial charge in [-0.1, -0.05) is 201 Å². The molecule has 0 fully saturated rings. The van der Waals surface area contributed by atoms with Gasteiger partial charge in [0.05, 0.1) is 11.7 Å². The van der Waals surface area contributed by atoms with Crippen molar-refractivity contribution in [3.63, 3.8) is 0 Å². The molecule has 0 amide bonds. The van der Waals surface area contributed by atoms with Gasteiger partial charge in [0.2, 0.25) is 0 Å². The standard InChI is InChI=1S/C39H30N2S.C7H9N.C7H8.C2H6/c1-41-35(23-20-26-12-4-2-5-13-26)32-22-21-29(30-16-8-9-17-31(30)32)28-24-34(39(40)27-14-6-3-7-15-27)38-33-18-10-11-19-36(33)42-37(38)25-28;8-6-7-4-2-1-3-5-7;1-7-5-3-2-4-6-7;1-2/h2-19,21-25,39H,1,20,40H2;1-5H,6,8H2;2-6H,1H3;1-2H3/b35-23-;;;. The summed E-state index contributed by atoms with van der Waals surface area (Å²) in [6, 6.07) is 67.2. The zero-order chi connectivity index (χ0) is 41.4. The Morgan fingerprint density at radius 2 is 1.15 bits per heavy atom. The van der Waals surface area contributed by atoms with E-state index < -0.39 is 0 Å². The van der Waals surface area contributed by atoms with Crippen LogP contribution in [-0.4, -0.2) is 6.72 Å². The molecular formula is C55H53N3S. The van der Waals surface area contributed by atoms with Gasteiger partial charge in [-0.05, 0) is 82.4 Å². The number of allylic oxidation sites excluding steroid dienone is 1. The predicted molar refractivity (Wildman–Crippen MR) is 259 cm³/mol. The van der Waals surface area contributed by atoms with E-state index in [2.05, 4.69) is 158 Å². The number of benzene rings is 8. The van der Waals surface area contributed by atoms with Crippen LogP contribution in [0.5, 0.6) is 0 Å². The van der Waals surface area contributed by atoms with Gasteiger partial charge in [0.15, 0.2) is 0 Å². The lowest BCUT2D eigenvalue weighted by Gasteiger charge is -2.18. The maximum atomic E-state index is 7.03. The van der Waals surface area contributed by atoms with Crippen LogP contribution >= 0.6 is 11.3 Å². The number of hydrogen-bond acceptors (Lipinski definition) is 4. The molecule has 4 N–H and O–H groups in total. The van der Waals surface area contributed by atoms with Gasteiger partial charge in [-0.2, -0.15) is 0 Å². The first-order valence-electron chi connectivity index (χ1n) is 20.3. The van der Waals surface area contributed by atoms with E-state index in [1.54, 1.807) is 0 Å². The molecule has 0 saturated carbocycles. The van der Waals surface area contributed by atoms with Gasteiger partial charge in [0.1, 0.15) is 0 Å². The zero-order valence-corrected chi connectivity index (χ0v) is 35.1. The fraction of sp³-hybridized carbons (Fsp3) is 0.109. The molecule has 1 heterocycles. The number of rotatable bonds is 8. The Morgan fingerprint density at radius 1 is 0.610 bits per heavy atom. The molecule has 0 aliphatic rings. The van der Waals surface area contributed by atoms with Crippen LogP contribution in [-0.2, 0) is 13.0 Å². The third-order valence-corrected chi connectivity index (χ3v) is 11.2. The van der Waals surface area contributed by atoms with Gasteiger partial charge in [0, 0.05) is 32.3 Å². The van der Waals surface area contributed by atoms with Crippen LogP contribution in [0.4, 0.5) is 0 Å². The number of aliphatic imine (C=N–C) groups is 1. The normalized spacial score (nSPS) is 11.4. The van der Waals surface area contributed by atoms with Crippen molar-refractivity contribution >= 4 is 54.7 Å². The van der Waals surface area contributed by atoms with Crippen LogP contribution in [0.15, 0.2) is 205 Å². The van der Waals surface area contributed by atoms with Crippen LogP contribution in [0, 0.1) is 6.92 Å². The lowest BCUT2D eigenvalue weighted by Crippen LogP contribution is -2.12. The lowest BCUT2D eigenvalue weighted by molar-refractivity contribution is 0.882. The fourth-order valence-corrected chi connectivity index (χ4v) is 8.32. The highest BCUT2D eigenvalue weighted by atomic mass is 32.1. The Bertz CT molecular complexity index is 2720. The third kappa shape index (κ3) is 10.6. The number of hydrogen-bond donors (Lipinski definition) is 2. The molecule has 294 valence electrons. The maximum Gasteiger partial charge on any atom is 0.0664 e. The van der Waals surface area contributed by atoms with Crippen LogP contribution in [0.3, 0.4) is 0 Å². The van der Waals surface area contributed by atoms with Gasteiger partial charge in [0.25, 0.3) is 0 Å². The van der Waals surface area contributed by atoms with Gasteiger partial charge in [-0.3, -0.25) is 4.99 Å². The van der Waals surface area contributed by atoms with Crippen LogP contribution in [0.2, 0.25) is 0 Å². The first-order valence-corrected chi connectivity index (χ1v) is 21.1. The summed E-state index contributed by atoms with van der Waals surface area (Å²) in [6.45, 7) is 10.6. The van der Waals surface area contributed by atoms with E-state index in [9.17, 15) is 0 Å². The Labute approximate surface area is 354 Å². The van der Waals surface area contributed by atoms with E-state index in [1.807, 2.05) is 85.8 Å². The number of nitrogens with zero attached hydrogens (tertiary/aromatic N) is 1. The summed E-state index contributed by atoms with van der Waals surface area (Å²) in [5.41, 5.74) is 22.7. The molecule has 1 unspecified atom stereocenters. The molecule has 4 heteroatoms. The third-order valence-electron chi connectivity index (χ3n) is 10.1. The van der Waals surface area contributed by atoms with Gasteiger partial charge >= 0.3 is 0 Å². The lowest BCUT2D eigenvalue weighted by atomic mass is 9.89. The van der Waals surface area contributed by atoms with E-state index in [0.29, 0.717) is 6.54 Å². The summed E-state index contributed by atoms with van der Waals surface area (Å²) < 4.78 is 2.52. The van der Waals surface area contributed by atoms with Crippen molar-refractivity contribution in [1.82, 2.24) is 0 Å². The Morgan fingerprint density at radius 3 is 1.73 bits per heavy atom. The van der Waals surface area contributed by atoms with E-state index >= 15 is 0 Å². The van der Waals surface area contributed by atoms with E-state index in [4.69, 9.17) is 11.5 Å². The van der Waals surface area contributed by atoms with Crippen molar-refractivity contribution in [2.75, 3.05) is 0 Å². The molecule has 0 spiro atoms. The maximum absolute atomic E-state index is 7.03. The average Bonchev–Trinajstić information content (AvgIpc) is 3.69. The molecule has 59 heavy (non-hydrogen) atoms. The monoisotopic (exact) mass is 787 g/mol. The molecule has 0 saturated heterocycles. The van der Waals surface area contributed by atoms with Crippen molar-refractivity contribution in [2.24, 2.45) is 16.5 Å². The van der Waals surface area contributed by atoms with E-state index in [1.165, 1.54) is 53.4 Å². The minimum atomic E-state index is -0.241. The van der Waals surface area contributed by atoms with Crippen molar-refractivity contribution < 1.29 is 0 Å². The predicted octanol–water partition coefficient (Wildman–Crippen LogP) is 14.4. The first-order chi connectivity index (χ1) is 29.0. The Kier molecular flexibility index (Phi) is 15.3. The SMILES string of the molecule is C=N/C(=C\Cc1ccccc1)c1ccc(-c2cc(C(N)c3ccccc3)c3c(c2)sc2ccccc23)c2ccccc12.CC.Cc1ccccc1.NCc1ccccc1. The molecule has 0 bridgehead atoms. The van der Waals surface area contributed by atoms with Gasteiger partial charge in [-0.15, -0.1) is 11.3 Å². The number of nitrogens with two attached hydrogens (primary N) is 2. The van der Waals surface area contributed by atoms with Gasteiger partial charge < -0.3 is 11.5 Å². The minimum absolute atomic E-state index is 0.241. The van der Waals surface area contributed by atoms with E-state index in [0.717, 1.165) is 34.2 Å². The average molecular weight is 788 g/mol. The highest BCUT2D eigenvalue weighted by molar-refractivity contribution is 7.25. The Balaban J connectivity index is 0.000000286. The topological polar surface area (TPSA) is 64.4 Å². The highest BCUT2D eigenvalue weighted by Gasteiger charge is 2.19. The second-order valence-electron chi connectivity index (χ2n) is 13.9. The van der Waals surface area contributed by atoms with Crippen molar-refractivity contribution in [3.05, 3.63) is 234 Å². The van der Waals surface area contributed by atoms with Crippen LogP contribution in [0.1, 0.15) is 53.3 Å². The summed E-state index contributed by atoms with van der Waals surface area (Å²) in [6.07, 6.45) is 2.97. The molecule has 8 aromatic carbocycles. The van der Waals surface area contributed by atoms with Crippen molar-refractivity contribution in [2.45, 2.75) is 39.8 Å². The van der Waals surface area contributed by atoms with Crippen molar-refractivity contribution in [3.8, 4) is 11.1 Å². The molecule has 0 aliphatic heterocycles. The summed E-state index contributed by atoms with van der Waals surface area (Å²) in [5.74, 6) is 0. The second kappa shape index (κ2) is 21.4. The molecule has 3 nitrogen and oxygen atoms in total. The van der Waals surface area contributed by atoms with E-state index in [-0.39, 0.29) is 6.04 Å². The number of fused-ring (bicyclic) bond motifs is 4. The second-order valence-corrected chi connectivity index (χ2v) is 15.0. The first kappa shape index (κ1) is 42.2. The largest absolute Gasteiger partial charge is 0.326 e. The summed E-state index contributed by atoms with van der Waals surface area (Å²) in [4.78, 5) is 4.46. The van der Waals surface area contributed by atoms with Crippen molar-refractivity contribution in [1.29, 1.82) is 0 Å². The van der Waals surface area contributed by atoms with Gasteiger partial charge in [-0.25, -0.2) is 0 Å². The zero-order valence-electron chi connectivity index (χ0n) is 34.3. The number of aryl methyl sites for hydroxylation is 1. The Hall–Kier alpha value is -6.43. The molecule has 1 aromatic heterocycles. The van der Waals surface area contributed by atoms with Crippen LogP contribution in [0.25, 0.3) is 47.8 Å². The molecule has 9 aromatic rings.